The number of aryl methyl sites for hydroxylation is 1. The predicted molar refractivity (Wildman–Crippen MR) is 94.5 cm³/mol. The van der Waals surface area contributed by atoms with Crippen molar-refractivity contribution in [1.82, 2.24) is 10.8 Å². The summed E-state index contributed by atoms with van der Waals surface area (Å²) >= 11 is 5.86. The van der Waals surface area contributed by atoms with Crippen molar-refractivity contribution in [2.24, 2.45) is 5.92 Å². The summed E-state index contributed by atoms with van der Waals surface area (Å²) in [7, 11) is 0. The molecule has 0 bridgehead atoms. The Labute approximate surface area is 151 Å². The van der Waals surface area contributed by atoms with E-state index in [9.17, 15) is 9.59 Å². The third-order valence-corrected chi connectivity index (χ3v) is 4.80. The molecular formula is C19H19ClN2O3. The minimum Gasteiger partial charge on any atom is -0.352 e. The van der Waals surface area contributed by atoms with Gasteiger partial charge in [0.25, 0.3) is 5.91 Å². The number of fused-ring (bicyclic) bond motifs is 1. The van der Waals surface area contributed by atoms with Gasteiger partial charge in [0.1, 0.15) is 0 Å². The van der Waals surface area contributed by atoms with Crippen LogP contribution in [0.25, 0.3) is 0 Å². The Morgan fingerprint density at radius 2 is 1.88 bits per heavy atom. The molecule has 1 aliphatic rings. The van der Waals surface area contributed by atoms with Gasteiger partial charge < -0.3 is 5.32 Å². The van der Waals surface area contributed by atoms with Gasteiger partial charge in [-0.15, -0.1) is 0 Å². The molecule has 0 heterocycles. The number of hydrogen-bond donors (Lipinski definition) is 3. The fourth-order valence-corrected chi connectivity index (χ4v) is 3.25. The molecule has 2 aromatic carbocycles. The fourth-order valence-electron chi connectivity index (χ4n) is 3.12. The minimum atomic E-state index is -0.544. The van der Waals surface area contributed by atoms with Crippen molar-refractivity contribution in [2.45, 2.75) is 25.8 Å². The summed E-state index contributed by atoms with van der Waals surface area (Å²) in [5, 5.41) is 12.4. The standard InChI is InChI=1S/C19H19ClN2O3/c20-17-7-1-12(2-8-17)11-21-18(23)14-5-3-13-4-6-15(19(24)22-25)10-16(13)9-14/h1-2,4,6-8,10,14,25H,3,5,9,11H2,(H,21,23)(H,22,24). The summed E-state index contributed by atoms with van der Waals surface area (Å²) < 4.78 is 0. The Bertz CT molecular complexity index is 790. The Balaban J connectivity index is 1.63. The highest BCUT2D eigenvalue weighted by atomic mass is 35.5. The topological polar surface area (TPSA) is 78.4 Å². The Morgan fingerprint density at radius 1 is 1.12 bits per heavy atom. The van der Waals surface area contributed by atoms with E-state index in [0.29, 0.717) is 23.6 Å². The van der Waals surface area contributed by atoms with Crippen molar-refractivity contribution in [1.29, 1.82) is 0 Å². The highest BCUT2D eigenvalue weighted by Gasteiger charge is 2.25. The molecule has 0 radical (unpaired) electrons. The van der Waals surface area contributed by atoms with E-state index in [1.165, 1.54) is 0 Å². The largest absolute Gasteiger partial charge is 0.352 e. The molecule has 6 heteroatoms. The van der Waals surface area contributed by atoms with Crippen LogP contribution in [0, 0.1) is 5.92 Å². The van der Waals surface area contributed by atoms with Crippen LogP contribution in [0.15, 0.2) is 42.5 Å². The Kier molecular flexibility index (Phi) is 5.36. The lowest BCUT2D eigenvalue weighted by atomic mass is 9.82. The van der Waals surface area contributed by atoms with Crippen molar-refractivity contribution >= 4 is 23.4 Å². The van der Waals surface area contributed by atoms with E-state index in [2.05, 4.69) is 5.32 Å². The third-order valence-electron chi connectivity index (χ3n) is 4.55. The number of hydroxylamine groups is 1. The second kappa shape index (κ2) is 7.68. The van der Waals surface area contributed by atoms with E-state index in [-0.39, 0.29) is 11.8 Å². The minimum absolute atomic E-state index is 0.0117. The van der Waals surface area contributed by atoms with Crippen molar-refractivity contribution in [3.05, 3.63) is 69.7 Å². The predicted octanol–water partition coefficient (Wildman–Crippen LogP) is 2.88. The van der Waals surface area contributed by atoms with Crippen LogP contribution in [0.3, 0.4) is 0 Å². The highest BCUT2D eigenvalue weighted by Crippen LogP contribution is 2.27. The first-order valence-corrected chi connectivity index (χ1v) is 8.53. The zero-order valence-corrected chi connectivity index (χ0v) is 14.3. The van der Waals surface area contributed by atoms with Crippen molar-refractivity contribution in [3.63, 3.8) is 0 Å². The van der Waals surface area contributed by atoms with Crippen LogP contribution in [0.1, 0.15) is 33.5 Å². The molecule has 25 heavy (non-hydrogen) atoms. The maximum atomic E-state index is 12.5. The number of carbonyl (C=O) groups excluding carboxylic acids is 2. The average molecular weight is 359 g/mol. The molecular weight excluding hydrogens is 340 g/mol. The summed E-state index contributed by atoms with van der Waals surface area (Å²) in [6.45, 7) is 0.465. The summed E-state index contributed by atoms with van der Waals surface area (Å²) in [4.78, 5) is 24.0. The van der Waals surface area contributed by atoms with Crippen LogP contribution in [0.2, 0.25) is 5.02 Å². The van der Waals surface area contributed by atoms with Gasteiger partial charge in [-0.2, -0.15) is 0 Å². The van der Waals surface area contributed by atoms with E-state index in [1.54, 1.807) is 29.7 Å². The van der Waals surface area contributed by atoms with Crippen LogP contribution in [-0.4, -0.2) is 17.0 Å². The first kappa shape index (κ1) is 17.5. The van der Waals surface area contributed by atoms with Gasteiger partial charge in [0.15, 0.2) is 0 Å². The second-order valence-electron chi connectivity index (χ2n) is 6.21. The summed E-state index contributed by atoms with van der Waals surface area (Å²) in [5.74, 6) is -0.651. The van der Waals surface area contributed by atoms with E-state index in [4.69, 9.17) is 16.8 Å². The van der Waals surface area contributed by atoms with Crippen LogP contribution < -0.4 is 10.8 Å². The van der Waals surface area contributed by atoms with E-state index in [1.807, 2.05) is 18.2 Å². The number of benzene rings is 2. The Morgan fingerprint density at radius 3 is 2.60 bits per heavy atom. The number of nitrogens with one attached hydrogen (secondary N) is 2. The maximum absolute atomic E-state index is 12.5. The zero-order valence-electron chi connectivity index (χ0n) is 13.6. The summed E-state index contributed by atoms with van der Waals surface area (Å²) in [6.07, 6.45) is 2.18. The lowest BCUT2D eigenvalue weighted by Crippen LogP contribution is -2.33. The first-order valence-electron chi connectivity index (χ1n) is 8.15. The Hall–Kier alpha value is -2.37. The molecule has 0 aromatic heterocycles. The summed E-state index contributed by atoms with van der Waals surface area (Å²) in [6, 6.07) is 12.7. The van der Waals surface area contributed by atoms with Crippen LogP contribution >= 0.6 is 11.6 Å². The lowest BCUT2D eigenvalue weighted by Gasteiger charge is -2.24. The zero-order chi connectivity index (χ0) is 17.8. The molecule has 1 unspecified atom stereocenters. The molecule has 0 aliphatic heterocycles. The SMILES string of the molecule is O=C(NO)c1ccc2c(c1)CC(C(=O)NCc1ccc(Cl)cc1)CC2. The van der Waals surface area contributed by atoms with Crippen LogP contribution in [0.4, 0.5) is 0 Å². The molecule has 3 N–H and O–H groups in total. The molecule has 5 nitrogen and oxygen atoms in total. The second-order valence-corrected chi connectivity index (χ2v) is 6.64. The van der Waals surface area contributed by atoms with Gasteiger partial charge in [0, 0.05) is 23.0 Å². The van der Waals surface area contributed by atoms with Crippen molar-refractivity contribution < 1.29 is 14.8 Å². The van der Waals surface area contributed by atoms with Gasteiger partial charge in [0.05, 0.1) is 0 Å². The van der Waals surface area contributed by atoms with Gasteiger partial charge in [-0.25, -0.2) is 5.48 Å². The molecule has 2 amide bonds. The first-order chi connectivity index (χ1) is 12.1. The molecule has 3 rings (SSSR count). The molecule has 0 spiro atoms. The maximum Gasteiger partial charge on any atom is 0.274 e. The third kappa shape index (κ3) is 4.18. The number of amides is 2. The van der Waals surface area contributed by atoms with Gasteiger partial charge in [0.2, 0.25) is 5.91 Å². The molecule has 1 atom stereocenters. The van der Waals surface area contributed by atoms with Gasteiger partial charge >= 0.3 is 0 Å². The van der Waals surface area contributed by atoms with Crippen molar-refractivity contribution in [2.75, 3.05) is 0 Å². The summed E-state index contributed by atoms with van der Waals surface area (Å²) in [5.41, 5.74) is 5.16. The number of rotatable bonds is 4. The molecule has 0 saturated carbocycles. The molecule has 2 aromatic rings. The van der Waals surface area contributed by atoms with E-state index < -0.39 is 5.91 Å². The number of carbonyl (C=O) groups is 2. The molecule has 1 aliphatic carbocycles. The number of hydrogen-bond acceptors (Lipinski definition) is 3. The number of halogens is 1. The quantitative estimate of drug-likeness (QED) is 0.581. The van der Waals surface area contributed by atoms with Gasteiger partial charge in [-0.05, 0) is 60.2 Å². The monoisotopic (exact) mass is 358 g/mol. The van der Waals surface area contributed by atoms with E-state index >= 15 is 0 Å². The van der Waals surface area contributed by atoms with Crippen molar-refractivity contribution in [3.8, 4) is 0 Å². The average Bonchev–Trinajstić information content (AvgIpc) is 2.65. The molecule has 0 saturated heterocycles. The molecule has 130 valence electrons. The van der Waals surface area contributed by atoms with Crippen LogP contribution in [0.5, 0.6) is 0 Å². The fraction of sp³-hybridized carbons (Fsp3) is 0.263. The highest BCUT2D eigenvalue weighted by molar-refractivity contribution is 6.30. The smallest absolute Gasteiger partial charge is 0.274 e. The van der Waals surface area contributed by atoms with E-state index in [0.717, 1.165) is 29.5 Å². The molecule has 0 fully saturated rings. The van der Waals surface area contributed by atoms with Crippen LogP contribution in [-0.2, 0) is 24.2 Å². The van der Waals surface area contributed by atoms with Gasteiger partial charge in [-0.3, -0.25) is 14.8 Å². The normalized spacial score (nSPS) is 16.0. The van der Waals surface area contributed by atoms with Gasteiger partial charge in [-0.1, -0.05) is 29.8 Å². The lowest BCUT2D eigenvalue weighted by molar-refractivity contribution is -0.125.